The summed E-state index contributed by atoms with van der Waals surface area (Å²) in [5.41, 5.74) is 0. The highest BCUT2D eigenvalue weighted by Crippen LogP contribution is 2.24. The van der Waals surface area contributed by atoms with Crippen LogP contribution in [0.2, 0.25) is 0 Å². The zero-order chi connectivity index (χ0) is 14.4. The lowest BCUT2D eigenvalue weighted by Gasteiger charge is -2.41. The molecule has 0 heterocycles. The number of halogens is 1. The second-order valence-corrected chi connectivity index (χ2v) is 5.68. The Morgan fingerprint density at radius 2 is 1.16 bits per heavy atom. The summed E-state index contributed by atoms with van der Waals surface area (Å²) in [5.74, 6) is 0. The molecule has 114 valence electrons. The highest BCUT2D eigenvalue weighted by molar-refractivity contribution is 9.09. The molecular weight excluding hydrogens is 320 g/mol. The summed E-state index contributed by atoms with van der Waals surface area (Å²) < 4.78 is 5.33. The molecule has 6 nitrogen and oxygen atoms in total. The number of alkyl halides is 1. The Bertz CT molecular complexity index is 238. The largest absolute Gasteiger partial charge is 0.387 e. The van der Waals surface area contributed by atoms with Crippen molar-refractivity contribution in [2.45, 2.75) is 62.3 Å². The van der Waals surface area contributed by atoms with Gasteiger partial charge in [-0.15, -0.1) is 0 Å². The molecule has 7 heteroatoms. The molecule has 0 aromatic rings. The first-order valence-electron chi connectivity index (χ1n) is 6.58. The van der Waals surface area contributed by atoms with Crippen molar-refractivity contribution < 1.29 is 30.3 Å². The van der Waals surface area contributed by atoms with Crippen LogP contribution < -0.4 is 0 Å². The zero-order valence-corrected chi connectivity index (χ0v) is 12.3. The highest BCUT2D eigenvalue weighted by Gasteiger charge is 2.48. The minimum Gasteiger partial charge on any atom is -0.387 e. The van der Waals surface area contributed by atoms with E-state index in [1.807, 2.05) is 0 Å². The number of aliphatic hydroxyl groups is 5. The van der Waals surface area contributed by atoms with Crippen LogP contribution in [0, 0.1) is 0 Å². The van der Waals surface area contributed by atoms with E-state index in [4.69, 9.17) is 4.74 Å². The first-order chi connectivity index (χ1) is 9.00. The number of ether oxygens (including phenoxy) is 1. The van der Waals surface area contributed by atoms with Crippen molar-refractivity contribution in [1.29, 1.82) is 0 Å². The molecular formula is C12H23BrO6. The summed E-state index contributed by atoms with van der Waals surface area (Å²) in [6, 6.07) is 0. The van der Waals surface area contributed by atoms with Crippen LogP contribution in [0.1, 0.15) is 25.7 Å². The molecule has 0 amide bonds. The Balaban J connectivity index is 2.34. The van der Waals surface area contributed by atoms with Crippen molar-refractivity contribution in [1.82, 2.24) is 0 Å². The Hall–Kier alpha value is 0.240. The maximum Gasteiger partial charge on any atom is 0.114 e. The Labute approximate surface area is 121 Å². The van der Waals surface area contributed by atoms with Crippen LogP contribution in [0.25, 0.3) is 0 Å². The first kappa shape index (κ1) is 17.3. The summed E-state index contributed by atoms with van der Waals surface area (Å²) >= 11 is 3.34. The molecule has 1 rings (SSSR count). The Kier molecular flexibility index (Phi) is 7.74. The molecule has 1 aliphatic rings. The van der Waals surface area contributed by atoms with Crippen LogP contribution in [0.4, 0.5) is 0 Å². The Morgan fingerprint density at radius 1 is 0.684 bits per heavy atom. The normalized spacial score (nSPS) is 39.5. The summed E-state index contributed by atoms with van der Waals surface area (Å²) in [5, 5.41) is 48.8. The minimum absolute atomic E-state index is 0.330. The van der Waals surface area contributed by atoms with Crippen LogP contribution in [-0.2, 0) is 4.74 Å². The number of hydrogen-bond acceptors (Lipinski definition) is 6. The van der Waals surface area contributed by atoms with Crippen molar-refractivity contribution in [3.63, 3.8) is 0 Å². The standard InChI is InChI=1S/C12H23BrO6/c13-5-3-1-2-4-6-19-12-10(17)8(15)7(14)9(16)11(12)18/h7-12,14-18H,1-6H2/t7?,8-,9+,10+,11-,12?. The van der Waals surface area contributed by atoms with Gasteiger partial charge in [0.25, 0.3) is 0 Å². The van der Waals surface area contributed by atoms with Gasteiger partial charge < -0.3 is 30.3 Å². The predicted octanol–water partition coefficient (Wildman–Crippen LogP) is -0.855. The SMILES string of the molecule is OC1[C@@H](O)[C@H](O)C(OCCCCCCBr)[C@H](O)[C@H]1O. The number of hydrogen-bond donors (Lipinski definition) is 5. The van der Waals surface area contributed by atoms with Gasteiger partial charge in [-0.25, -0.2) is 0 Å². The van der Waals surface area contributed by atoms with E-state index in [9.17, 15) is 25.5 Å². The van der Waals surface area contributed by atoms with E-state index in [1.54, 1.807) is 0 Å². The molecule has 2 unspecified atom stereocenters. The molecule has 19 heavy (non-hydrogen) atoms. The minimum atomic E-state index is -1.57. The number of rotatable bonds is 7. The van der Waals surface area contributed by atoms with Crippen LogP contribution in [0.3, 0.4) is 0 Å². The van der Waals surface area contributed by atoms with Crippen LogP contribution in [0.5, 0.6) is 0 Å². The lowest BCUT2D eigenvalue weighted by molar-refractivity contribution is -0.235. The molecule has 1 fully saturated rings. The van der Waals surface area contributed by atoms with Gasteiger partial charge in [-0.2, -0.15) is 0 Å². The number of unbranched alkanes of at least 4 members (excludes halogenated alkanes) is 3. The van der Waals surface area contributed by atoms with Gasteiger partial charge in [-0.05, 0) is 12.8 Å². The van der Waals surface area contributed by atoms with Gasteiger partial charge in [0.2, 0.25) is 0 Å². The maximum atomic E-state index is 9.72. The van der Waals surface area contributed by atoms with E-state index in [1.165, 1.54) is 0 Å². The molecule has 0 aromatic carbocycles. The molecule has 1 saturated carbocycles. The molecule has 0 bridgehead atoms. The average molecular weight is 343 g/mol. The summed E-state index contributed by atoms with van der Waals surface area (Å²) in [7, 11) is 0. The van der Waals surface area contributed by atoms with Crippen LogP contribution in [-0.4, -0.2) is 74.1 Å². The first-order valence-corrected chi connectivity index (χ1v) is 7.70. The van der Waals surface area contributed by atoms with Crippen molar-refractivity contribution in [3.05, 3.63) is 0 Å². The fourth-order valence-electron chi connectivity index (χ4n) is 2.16. The fraction of sp³-hybridized carbons (Fsp3) is 1.00. The smallest absolute Gasteiger partial charge is 0.114 e. The van der Waals surface area contributed by atoms with Crippen molar-refractivity contribution >= 4 is 15.9 Å². The van der Waals surface area contributed by atoms with E-state index in [0.717, 1.165) is 31.0 Å². The van der Waals surface area contributed by atoms with E-state index in [2.05, 4.69) is 15.9 Å². The van der Waals surface area contributed by atoms with Crippen molar-refractivity contribution in [2.24, 2.45) is 0 Å². The highest BCUT2D eigenvalue weighted by atomic mass is 79.9. The topological polar surface area (TPSA) is 110 Å². The van der Waals surface area contributed by atoms with Gasteiger partial charge in [-0.3, -0.25) is 0 Å². The maximum absolute atomic E-state index is 9.72. The quantitative estimate of drug-likeness (QED) is 0.304. The molecule has 1 aliphatic carbocycles. The summed E-state index contributed by atoms with van der Waals surface area (Å²) in [4.78, 5) is 0. The van der Waals surface area contributed by atoms with E-state index in [0.29, 0.717) is 6.61 Å². The molecule has 0 saturated heterocycles. The molecule has 0 radical (unpaired) electrons. The number of aliphatic hydroxyl groups excluding tert-OH is 5. The molecule has 5 N–H and O–H groups in total. The van der Waals surface area contributed by atoms with Gasteiger partial charge in [-0.1, -0.05) is 28.8 Å². The zero-order valence-electron chi connectivity index (χ0n) is 10.7. The lowest BCUT2D eigenvalue weighted by Crippen LogP contribution is -2.64. The lowest BCUT2D eigenvalue weighted by atomic mass is 9.85. The third-order valence-corrected chi connectivity index (χ3v) is 3.97. The van der Waals surface area contributed by atoms with Crippen LogP contribution in [0.15, 0.2) is 0 Å². The van der Waals surface area contributed by atoms with Gasteiger partial charge in [0.05, 0.1) is 0 Å². The molecule has 6 atom stereocenters. The van der Waals surface area contributed by atoms with E-state index in [-0.39, 0.29) is 0 Å². The van der Waals surface area contributed by atoms with E-state index >= 15 is 0 Å². The van der Waals surface area contributed by atoms with E-state index < -0.39 is 36.6 Å². The van der Waals surface area contributed by atoms with Gasteiger partial charge >= 0.3 is 0 Å². The monoisotopic (exact) mass is 342 g/mol. The second-order valence-electron chi connectivity index (χ2n) is 4.89. The molecule has 0 aliphatic heterocycles. The van der Waals surface area contributed by atoms with Gasteiger partial charge in [0.1, 0.15) is 36.6 Å². The Morgan fingerprint density at radius 3 is 1.68 bits per heavy atom. The van der Waals surface area contributed by atoms with Crippen LogP contribution >= 0.6 is 15.9 Å². The van der Waals surface area contributed by atoms with Crippen molar-refractivity contribution in [3.8, 4) is 0 Å². The fourth-order valence-corrected chi connectivity index (χ4v) is 2.56. The summed E-state index contributed by atoms with van der Waals surface area (Å²) in [6.07, 6.45) is -4.60. The third kappa shape index (κ3) is 4.63. The van der Waals surface area contributed by atoms with Gasteiger partial charge in [0, 0.05) is 11.9 Å². The predicted molar refractivity (Wildman–Crippen MR) is 72.0 cm³/mol. The average Bonchev–Trinajstić information content (AvgIpc) is 2.41. The molecule has 0 aromatic heterocycles. The van der Waals surface area contributed by atoms with Crippen molar-refractivity contribution in [2.75, 3.05) is 11.9 Å². The second kappa shape index (κ2) is 8.51. The molecule has 0 spiro atoms. The third-order valence-electron chi connectivity index (χ3n) is 3.41. The summed E-state index contributed by atoms with van der Waals surface area (Å²) in [6.45, 7) is 0.330. The van der Waals surface area contributed by atoms with Gasteiger partial charge in [0.15, 0.2) is 0 Å².